The number of aromatic nitrogens is 3. The zero-order valence-corrected chi connectivity index (χ0v) is 13.1. The predicted octanol–water partition coefficient (Wildman–Crippen LogP) is 2.34. The number of nitrogens with zero attached hydrogens (tertiary/aromatic N) is 4. The Labute approximate surface area is 139 Å². The maximum Gasteiger partial charge on any atom is 0.220 e. The highest BCUT2D eigenvalue weighted by Crippen LogP contribution is 2.32. The Morgan fingerprint density at radius 3 is 2.75 bits per heavy atom. The van der Waals surface area contributed by atoms with E-state index >= 15 is 0 Å². The van der Waals surface area contributed by atoms with Crippen molar-refractivity contribution >= 4 is 5.95 Å². The molecular weight excluding hydrogens is 302 g/mol. The number of phenolic OH excluding ortho intramolecular Hbond substituents is 1. The first-order chi connectivity index (χ1) is 11.7. The first-order valence-electron chi connectivity index (χ1n) is 7.75. The molecule has 0 bridgehead atoms. The van der Waals surface area contributed by atoms with Crippen molar-refractivity contribution in [3.8, 4) is 17.0 Å². The Bertz CT molecular complexity index is 882. The monoisotopic (exact) mass is 319 g/mol. The van der Waals surface area contributed by atoms with Crippen LogP contribution >= 0.6 is 0 Å². The number of fused-ring (bicyclic) bond motifs is 1. The zero-order chi connectivity index (χ0) is 16.5. The van der Waals surface area contributed by atoms with Gasteiger partial charge in [-0.05, 0) is 18.2 Å². The number of nitrogen functional groups attached to an aromatic ring is 1. The number of anilines is 1. The quantitative estimate of drug-likeness (QED) is 0.770. The second kappa shape index (κ2) is 5.90. The number of pyridine rings is 1. The van der Waals surface area contributed by atoms with Crippen LogP contribution in [0.15, 0.2) is 48.8 Å². The van der Waals surface area contributed by atoms with Crippen LogP contribution in [-0.4, -0.2) is 25.0 Å². The molecule has 1 aromatic carbocycles. The molecule has 4 rings (SSSR count). The summed E-state index contributed by atoms with van der Waals surface area (Å²) in [6, 6.07) is 11.2. The van der Waals surface area contributed by atoms with Crippen molar-refractivity contribution in [1.29, 1.82) is 0 Å². The van der Waals surface area contributed by atoms with E-state index < -0.39 is 0 Å². The zero-order valence-electron chi connectivity index (χ0n) is 13.1. The van der Waals surface area contributed by atoms with Gasteiger partial charge >= 0.3 is 0 Å². The topological polar surface area (TPSA) is 88.2 Å². The molecule has 0 spiro atoms. The van der Waals surface area contributed by atoms with Gasteiger partial charge in [-0.15, -0.1) is 0 Å². The van der Waals surface area contributed by atoms with Gasteiger partial charge in [-0.2, -0.15) is 0 Å². The molecule has 24 heavy (non-hydrogen) atoms. The highest BCUT2D eigenvalue weighted by Gasteiger charge is 2.26. The molecule has 1 aliphatic rings. The fraction of sp³-hybridized carbons (Fsp3) is 0.167. The molecule has 6 heteroatoms. The van der Waals surface area contributed by atoms with Crippen molar-refractivity contribution in [3.63, 3.8) is 0 Å². The van der Waals surface area contributed by atoms with Crippen molar-refractivity contribution in [2.75, 3.05) is 5.73 Å². The average Bonchev–Trinajstić information content (AvgIpc) is 2.99. The van der Waals surface area contributed by atoms with E-state index in [1.807, 2.05) is 30.3 Å². The van der Waals surface area contributed by atoms with Gasteiger partial charge in [-0.25, -0.2) is 9.97 Å². The number of hydrogen-bond donors (Lipinski definition) is 2. The lowest BCUT2D eigenvalue weighted by Crippen LogP contribution is -2.15. The summed E-state index contributed by atoms with van der Waals surface area (Å²) in [4.78, 5) is 15.2. The molecule has 2 aromatic heterocycles. The summed E-state index contributed by atoms with van der Waals surface area (Å²) < 4.78 is 0. The van der Waals surface area contributed by atoms with E-state index in [2.05, 4.69) is 19.9 Å². The van der Waals surface area contributed by atoms with Gasteiger partial charge in [0.15, 0.2) is 0 Å². The van der Waals surface area contributed by atoms with Gasteiger partial charge in [0, 0.05) is 48.7 Å². The van der Waals surface area contributed by atoms with Crippen LogP contribution < -0.4 is 5.73 Å². The molecule has 0 amide bonds. The predicted molar refractivity (Wildman–Crippen MR) is 90.7 cm³/mol. The minimum absolute atomic E-state index is 0.275. The third-order valence-corrected chi connectivity index (χ3v) is 4.19. The summed E-state index contributed by atoms with van der Waals surface area (Å²) in [5, 5.41) is 9.98. The second-order valence-corrected chi connectivity index (χ2v) is 5.87. The third-order valence-electron chi connectivity index (χ3n) is 4.19. The van der Waals surface area contributed by atoms with E-state index in [1.165, 1.54) is 0 Å². The van der Waals surface area contributed by atoms with E-state index in [0.717, 1.165) is 28.1 Å². The fourth-order valence-corrected chi connectivity index (χ4v) is 3.08. The van der Waals surface area contributed by atoms with Crippen LogP contribution in [0.5, 0.6) is 5.75 Å². The average molecular weight is 319 g/mol. The van der Waals surface area contributed by atoms with E-state index in [1.54, 1.807) is 18.5 Å². The third kappa shape index (κ3) is 2.68. The number of benzene rings is 1. The first kappa shape index (κ1) is 14.6. The van der Waals surface area contributed by atoms with Crippen molar-refractivity contribution in [3.05, 3.63) is 65.6 Å². The molecule has 120 valence electrons. The van der Waals surface area contributed by atoms with Crippen LogP contribution in [0.2, 0.25) is 0 Å². The Hall–Kier alpha value is -2.99. The molecule has 0 fully saturated rings. The van der Waals surface area contributed by atoms with Gasteiger partial charge < -0.3 is 10.8 Å². The van der Waals surface area contributed by atoms with Crippen LogP contribution in [-0.2, 0) is 19.6 Å². The molecule has 0 saturated heterocycles. The molecule has 0 atom stereocenters. The molecule has 3 N–H and O–H groups in total. The molecule has 0 aliphatic carbocycles. The van der Waals surface area contributed by atoms with Gasteiger partial charge in [0.1, 0.15) is 5.75 Å². The lowest BCUT2D eigenvalue weighted by atomic mass is 10.1. The molecule has 3 heterocycles. The lowest BCUT2D eigenvalue weighted by molar-refractivity contribution is 0.270. The van der Waals surface area contributed by atoms with Crippen LogP contribution in [0.25, 0.3) is 11.3 Å². The highest BCUT2D eigenvalue weighted by molar-refractivity contribution is 5.64. The fourth-order valence-electron chi connectivity index (χ4n) is 3.08. The second-order valence-electron chi connectivity index (χ2n) is 5.87. The number of para-hydroxylation sites is 1. The van der Waals surface area contributed by atoms with Crippen molar-refractivity contribution in [2.45, 2.75) is 19.6 Å². The SMILES string of the molecule is Nc1nc2c(c(-c3cccnc3)n1)CN(Cc1ccccc1O)C2. The molecule has 1 aliphatic heterocycles. The summed E-state index contributed by atoms with van der Waals surface area (Å²) in [5.74, 6) is 0.587. The summed E-state index contributed by atoms with van der Waals surface area (Å²) >= 11 is 0. The summed E-state index contributed by atoms with van der Waals surface area (Å²) in [5.41, 5.74) is 10.6. The molecular formula is C18H17N5O. The molecule has 0 radical (unpaired) electrons. The van der Waals surface area contributed by atoms with Crippen LogP contribution in [0.1, 0.15) is 16.8 Å². The summed E-state index contributed by atoms with van der Waals surface area (Å²) in [7, 11) is 0. The van der Waals surface area contributed by atoms with Crippen LogP contribution in [0.4, 0.5) is 5.95 Å². The van der Waals surface area contributed by atoms with Crippen molar-refractivity contribution in [1.82, 2.24) is 19.9 Å². The van der Waals surface area contributed by atoms with Crippen molar-refractivity contribution in [2.24, 2.45) is 0 Å². The Morgan fingerprint density at radius 2 is 1.96 bits per heavy atom. The van der Waals surface area contributed by atoms with E-state index in [4.69, 9.17) is 5.73 Å². The molecule has 6 nitrogen and oxygen atoms in total. The normalized spacial score (nSPS) is 13.8. The van der Waals surface area contributed by atoms with Gasteiger partial charge in [-0.1, -0.05) is 18.2 Å². The standard InChI is InChI=1S/C18H17N5O/c19-18-21-15-11-23(9-13-4-1-2-6-16(13)24)10-14(15)17(22-18)12-5-3-7-20-8-12/h1-8,24H,9-11H2,(H2,19,21,22). The first-order valence-corrected chi connectivity index (χ1v) is 7.75. The van der Waals surface area contributed by atoms with E-state index in [9.17, 15) is 5.11 Å². The molecule has 3 aromatic rings. The number of phenols is 1. The number of aromatic hydroxyl groups is 1. The molecule has 0 saturated carbocycles. The minimum atomic E-state index is 0.275. The minimum Gasteiger partial charge on any atom is -0.508 e. The summed E-state index contributed by atoms with van der Waals surface area (Å²) in [6.45, 7) is 2.05. The smallest absolute Gasteiger partial charge is 0.220 e. The maximum atomic E-state index is 9.98. The van der Waals surface area contributed by atoms with Gasteiger partial charge in [0.25, 0.3) is 0 Å². The Morgan fingerprint density at radius 1 is 1.08 bits per heavy atom. The highest BCUT2D eigenvalue weighted by atomic mass is 16.3. The van der Waals surface area contributed by atoms with E-state index in [-0.39, 0.29) is 5.95 Å². The lowest BCUT2D eigenvalue weighted by Gasteiger charge is -2.15. The van der Waals surface area contributed by atoms with Crippen molar-refractivity contribution < 1.29 is 5.11 Å². The Kier molecular flexibility index (Phi) is 3.59. The van der Waals surface area contributed by atoms with Gasteiger partial charge in [-0.3, -0.25) is 9.88 Å². The van der Waals surface area contributed by atoms with Gasteiger partial charge in [0.2, 0.25) is 5.95 Å². The number of rotatable bonds is 3. The largest absolute Gasteiger partial charge is 0.508 e. The van der Waals surface area contributed by atoms with Gasteiger partial charge in [0.05, 0.1) is 11.4 Å². The molecule has 0 unspecified atom stereocenters. The summed E-state index contributed by atoms with van der Waals surface area (Å²) in [6.07, 6.45) is 3.52. The van der Waals surface area contributed by atoms with Crippen LogP contribution in [0, 0.1) is 0 Å². The maximum absolute atomic E-state index is 9.98. The number of nitrogens with two attached hydrogens (primary N) is 1. The Balaban J connectivity index is 1.66. The van der Waals surface area contributed by atoms with E-state index in [0.29, 0.717) is 25.4 Å². The van der Waals surface area contributed by atoms with Crippen LogP contribution in [0.3, 0.4) is 0 Å². The number of hydrogen-bond acceptors (Lipinski definition) is 6.